The highest BCUT2D eigenvalue weighted by Crippen LogP contribution is 2.38. The van der Waals surface area contributed by atoms with E-state index in [1.807, 2.05) is 32.0 Å². The highest BCUT2D eigenvalue weighted by atomic mass is 16.5. The van der Waals surface area contributed by atoms with E-state index >= 15 is 0 Å². The molecular formula is C21H20O4. The van der Waals surface area contributed by atoms with Crippen LogP contribution in [0.5, 0.6) is 17.2 Å². The zero-order valence-corrected chi connectivity index (χ0v) is 14.3. The molecule has 3 aromatic rings. The van der Waals surface area contributed by atoms with Crippen LogP contribution >= 0.6 is 0 Å². The van der Waals surface area contributed by atoms with Crippen LogP contribution in [0, 0.1) is 0 Å². The molecule has 25 heavy (non-hydrogen) atoms. The number of hydrogen-bond acceptors (Lipinski definition) is 4. The van der Waals surface area contributed by atoms with Gasteiger partial charge in [-0.15, -0.1) is 0 Å². The summed E-state index contributed by atoms with van der Waals surface area (Å²) in [4.78, 5) is 12.6. The SMILES string of the molecule is CCOc1cc(C(=O)Oc2ccccc2)c(O)c2cccc(CC)c12. The van der Waals surface area contributed by atoms with E-state index in [0.29, 0.717) is 23.5 Å². The van der Waals surface area contributed by atoms with Gasteiger partial charge in [0.25, 0.3) is 0 Å². The van der Waals surface area contributed by atoms with E-state index < -0.39 is 5.97 Å². The number of carbonyl (C=O) groups excluding carboxylic acids is 1. The van der Waals surface area contributed by atoms with Crippen LogP contribution in [0.1, 0.15) is 29.8 Å². The highest BCUT2D eigenvalue weighted by molar-refractivity contribution is 6.05. The molecule has 128 valence electrons. The van der Waals surface area contributed by atoms with Crippen molar-refractivity contribution < 1.29 is 19.4 Å². The quantitative estimate of drug-likeness (QED) is 0.541. The molecule has 4 heteroatoms. The van der Waals surface area contributed by atoms with Crippen molar-refractivity contribution in [3.05, 3.63) is 65.7 Å². The molecule has 0 fully saturated rings. The highest BCUT2D eigenvalue weighted by Gasteiger charge is 2.21. The third-order valence-corrected chi connectivity index (χ3v) is 4.04. The van der Waals surface area contributed by atoms with E-state index in [2.05, 4.69) is 0 Å². The number of para-hydroxylation sites is 1. The first-order valence-corrected chi connectivity index (χ1v) is 8.33. The van der Waals surface area contributed by atoms with Gasteiger partial charge in [0.1, 0.15) is 22.8 Å². The minimum Gasteiger partial charge on any atom is -0.506 e. The summed E-state index contributed by atoms with van der Waals surface area (Å²) in [6, 6.07) is 16.0. The van der Waals surface area contributed by atoms with Crippen molar-refractivity contribution in [3.8, 4) is 17.2 Å². The van der Waals surface area contributed by atoms with Crippen molar-refractivity contribution in [3.63, 3.8) is 0 Å². The van der Waals surface area contributed by atoms with Crippen molar-refractivity contribution in [2.75, 3.05) is 6.61 Å². The van der Waals surface area contributed by atoms with E-state index in [9.17, 15) is 9.90 Å². The normalized spacial score (nSPS) is 10.6. The molecule has 0 unspecified atom stereocenters. The molecule has 0 amide bonds. The molecule has 0 aromatic heterocycles. The number of hydrogen-bond donors (Lipinski definition) is 1. The van der Waals surface area contributed by atoms with Gasteiger partial charge in [0, 0.05) is 10.8 Å². The van der Waals surface area contributed by atoms with Crippen LogP contribution < -0.4 is 9.47 Å². The average Bonchev–Trinajstić information content (AvgIpc) is 2.64. The number of aryl methyl sites for hydroxylation is 1. The Labute approximate surface area is 146 Å². The minimum absolute atomic E-state index is 0.0883. The number of ether oxygens (including phenoxy) is 2. The first-order valence-electron chi connectivity index (χ1n) is 8.33. The molecule has 4 nitrogen and oxygen atoms in total. The van der Waals surface area contributed by atoms with Gasteiger partial charge >= 0.3 is 5.97 Å². The third-order valence-electron chi connectivity index (χ3n) is 4.04. The molecule has 0 aliphatic rings. The Hall–Kier alpha value is -3.01. The Morgan fingerprint density at radius 3 is 2.48 bits per heavy atom. The van der Waals surface area contributed by atoms with Gasteiger partial charge < -0.3 is 14.6 Å². The molecule has 0 radical (unpaired) electrons. The zero-order valence-electron chi connectivity index (χ0n) is 14.3. The fraction of sp³-hybridized carbons (Fsp3) is 0.190. The summed E-state index contributed by atoms with van der Waals surface area (Å²) < 4.78 is 11.1. The lowest BCUT2D eigenvalue weighted by Gasteiger charge is -2.15. The monoisotopic (exact) mass is 336 g/mol. The summed E-state index contributed by atoms with van der Waals surface area (Å²) in [6.07, 6.45) is 0.796. The smallest absolute Gasteiger partial charge is 0.347 e. The van der Waals surface area contributed by atoms with Crippen molar-refractivity contribution >= 4 is 16.7 Å². The molecular weight excluding hydrogens is 316 g/mol. The number of esters is 1. The fourth-order valence-corrected chi connectivity index (χ4v) is 2.88. The Bertz CT molecular complexity index is 901. The lowest BCUT2D eigenvalue weighted by molar-refractivity contribution is 0.0731. The van der Waals surface area contributed by atoms with Crippen LogP contribution in [-0.4, -0.2) is 17.7 Å². The molecule has 0 aliphatic carbocycles. The van der Waals surface area contributed by atoms with Crippen molar-refractivity contribution in [1.29, 1.82) is 0 Å². The maximum Gasteiger partial charge on any atom is 0.347 e. The van der Waals surface area contributed by atoms with Crippen LogP contribution in [0.3, 0.4) is 0 Å². The standard InChI is InChI=1S/C21H20O4/c1-3-14-9-8-12-16-19(14)18(24-4-2)13-17(20(16)22)21(23)25-15-10-6-5-7-11-15/h5-13,22H,3-4H2,1-2H3. The molecule has 1 N–H and O–H groups in total. The minimum atomic E-state index is -0.617. The zero-order chi connectivity index (χ0) is 17.8. The van der Waals surface area contributed by atoms with Gasteiger partial charge in [-0.2, -0.15) is 0 Å². The number of carbonyl (C=O) groups is 1. The topological polar surface area (TPSA) is 55.8 Å². The summed E-state index contributed by atoms with van der Waals surface area (Å²) >= 11 is 0. The molecule has 3 rings (SSSR count). The number of aromatic hydroxyl groups is 1. The molecule has 0 atom stereocenters. The van der Waals surface area contributed by atoms with Gasteiger partial charge in [-0.05, 0) is 37.1 Å². The van der Waals surface area contributed by atoms with E-state index in [4.69, 9.17) is 9.47 Å². The second-order valence-electron chi connectivity index (χ2n) is 5.60. The Balaban J connectivity index is 2.12. The summed E-state index contributed by atoms with van der Waals surface area (Å²) in [5.41, 5.74) is 1.15. The first-order chi connectivity index (χ1) is 12.2. The van der Waals surface area contributed by atoms with Crippen LogP contribution in [-0.2, 0) is 6.42 Å². The van der Waals surface area contributed by atoms with Gasteiger partial charge in [-0.25, -0.2) is 4.79 Å². The summed E-state index contributed by atoms with van der Waals surface area (Å²) in [5, 5.41) is 12.1. The molecule has 3 aromatic carbocycles. The maximum absolute atomic E-state index is 12.6. The van der Waals surface area contributed by atoms with Crippen LogP contribution in [0.4, 0.5) is 0 Å². The average molecular weight is 336 g/mol. The summed E-state index contributed by atoms with van der Waals surface area (Å²) in [7, 11) is 0. The lowest BCUT2D eigenvalue weighted by atomic mass is 9.98. The molecule has 0 bridgehead atoms. The van der Waals surface area contributed by atoms with E-state index in [1.54, 1.807) is 36.4 Å². The lowest BCUT2D eigenvalue weighted by Crippen LogP contribution is -2.10. The molecule has 0 heterocycles. The fourth-order valence-electron chi connectivity index (χ4n) is 2.88. The second-order valence-corrected chi connectivity index (χ2v) is 5.60. The van der Waals surface area contributed by atoms with Gasteiger partial charge in [-0.3, -0.25) is 0 Å². The first kappa shape index (κ1) is 16.8. The van der Waals surface area contributed by atoms with Crippen LogP contribution in [0.15, 0.2) is 54.6 Å². The number of rotatable bonds is 5. The van der Waals surface area contributed by atoms with Crippen molar-refractivity contribution in [2.24, 2.45) is 0 Å². The summed E-state index contributed by atoms with van der Waals surface area (Å²) in [6.45, 7) is 4.39. The molecule has 0 saturated heterocycles. The van der Waals surface area contributed by atoms with Crippen LogP contribution in [0.2, 0.25) is 0 Å². The summed E-state index contributed by atoms with van der Waals surface area (Å²) in [5.74, 6) is 0.295. The Morgan fingerprint density at radius 2 is 1.80 bits per heavy atom. The Morgan fingerprint density at radius 1 is 1.04 bits per heavy atom. The van der Waals surface area contributed by atoms with Gasteiger partial charge in [0.15, 0.2) is 0 Å². The predicted molar refractivity (Wildman–Crippen MR) is 97.6 cm³/mol. The maximum atomic E-state index is 12.6. The van der Waals surface area contributed by atoms with Gasteiger partial charge in [0.05, 0.1) is 6.61 Å². The number of benzene rings is 3. The third kappa shape index (κ3) is 3.29. The number of fused-ring (bicyclic) bond motifs is 1. The number of phenols is 1. The van der Waals surface area contributed by atoms with E-state index in [1.165, 1.54) is 0 Å². The van der Waals surface area contributed by atoms with Crippen LogP contribution in [0.25, 0.3) is 10.8 Å². The largest absolute Gasteiger partial charge is 0.506 e. The second kappa shape index (κ2) is 7.26. The number of phenolic OH excluding ortho intramolecular Hbond substituents is 1. The molecule has 0 spiro atoms. The van der Waals surface area contributed by atoms with Gasteiger partial charge in [0.2, 0.25) is 0 Å². The molecule has 0 aliphatic heterocycles. The van der Waals surface area contributed by atoms with Crippen molar-refractivity contribution in [1.82, 2.24) is 0 Å². The van der Waals surface area contributed by atoms with E-state index in [0.717, 1.165) is 17.4 Å². The predicted octanol–water partition coefficient (Wildman–Crippen LogP) is 4.73. The van der Waals surface area contributed by atoms with Crippen molar-refractivity contribution in [2.45, 2.75) is 20.3 Å². The van der Waals surface area contributed by atoms with Gasteiger partial charge in [-0.1, -0.05) is 43.3 Å². The Kier molecular flexibility index (Phi) is 4.89. The van der Waals surface area contributed by atoms with E-state index in [-0.39, 0.29) is 11.3 Å². The molecule has 0 saturated carbocycles.